The lowest BCUT2D eigenvalue weighted by Gasteiger charge is -2.31. The van der Waals surface area contributed by atoms with Gasteiger partial charge in [-0.1, -0.05) is 54.1 Å². The number of nitrogens with zero attached hydrogens (tertiary/aromatic N) is 2. The Balaban J connectivity index is 1.36. The van der Waals surface area contributed by atoms with Gasteiger partial charge in [0.15, 0.2) is 11.7 Å². The highest BCUT2D eigenvalue weighted by atomic mass is 35.5. The number of aryl methyl sites for hydroxylation is 1. The van der Waals surface area contributed by atoms with Crippen molar-refractivity contribution in [1.29, 1.82) is 0 Å². The van der Waals surface area contributed by atoms with E-state index in [1.165, 1.54) is 0 Å². The first kappa shape index (κ1) is 21.6. The van der Waals surface area contributed by atoms with E-state index in [0.29, 0.717) is 29.5 Å². The minimum Gasteiger partial charge on any atom is -0.441 e. The fourth-order valence-corrected chi connectivity index (χ4v) is 3.89. The van der Waals surface area contributed by atoms with Crippen molar-refractivity contribution in [2.75, 3.05) is 32.8 Å². The number of morpholine rings is 1. The van der Waals surface area contributed by atoms with Gasteiger partial charge in [-0.3, -0.25) is 9.69 Å². The molecule has 2 heterocycles. The molecule has 4 rings (SSSR count). The van der Waals surface area contributed by atoms with Gasteiger partial charge in [0.1, 0.15) is 0 Å². The first-order chi connectivity index (χ1) is 15.2. The van der Waals surface area contributed by atoms with Crippen LogP contribution in [0.15, 0.2) is 65.2 Å². The number of carbonyl (C=O) groups is 1. The fourth-order valence-electron chi connectivity index (χ4n) is 3.66. The third-order valence-corrected chi connectivity index (χ3v) is 5.67. The average molecular weight is 440 g/mol. The summed E-state index contributed by atoms with van der Waals surface area (Å²) in [6, 6.07) is 17.5. The molecule has 31 heavy (non-hydrogen) atoms. The zero-order valence-electron chi connectivity index (χ0n) is 17.3. The van der Waals surface area contributed by atoms with Crippen LogP contribution >= 0.6 is 11.6 Å². The van der Waals surface area contributed by atoms with Crippen LogP contribution in [0, 0.1) is 0 Å². The molecule has 1 N–H and O–H groups in total. The SMILES string of the molecule is O=C(CCc1ncc(-c2ccccc2Cl)o1)NC(CN1CCOCC1)c1ccccc1. The predicted molar refractivity (Wildman–Crippen MR) is 120 cm³/mol. The summed E-state index contributed by atoms with van der Waals surface area (Å²) in [6.07, 6.45) is 2.38. The lowest BCUT2D eigenvalue weighted by molar-refractivity contribution is -0.122. The van der Waals surface area contributed by atoms with Crippen molar-refractivity contribution >= 4 is 17.5 Å². The molecule has 1 amide bonds. The van der Waals surface area contributed by atoms with Gasteiger partial charge in [-0.15, -0.1) is 0 Å². The number of hydrogen-bond donors (Lipinski definition) is 1. The molecule has 0 aliphatic carbocycles. The molecule has 1 fully saturated rings. The van der Waals surface area contributed by atoms with Gasteiger partial charge in [0.2, 0.25) is 5.91 Å². The number of nitrogens with one attached hydrogen (secondary N) is 1. The summed E-state index contributed by atoms with van der Waals surface area (Å²) in [6.45, 7) is 3.97. The van der Waals surface area contributed by atoms with Crippen molar-refractivity contribution in [3.05, 3.63) is 77.3 Å². The van der Waals surface area contributed by atoms with E-state index in [2.05, 4.69) is 27.3 Å². The molecule has 162 valence electrons. The van der Waals surface area contributed by atoms with Crippen molar-refractivity contribution in [2.24, 2.45) is 0 Å². The van der Waals surface area contributed by atoms with Crippen molar-refractivity contribution in [3.63, 3.8) is 0 Å². The first-order valence-electron chi connectivity index (χ1n) is 10.5. The van der Waals surface area contributed by atoms with Gasteiger partial charge >= 0.3 is 0 Å². The Kier molecular flexibility index (Phi) is 7.35. The van der Waals surface area contributed by atoms with Crippen molar-refractivity contribution in [3.8, 4) is 11.3 Å². The molecule has 0 bridgehead atoms. The first-order valence-corrected chi connectivity index (χ1v) is 10.9. The molecule has 1 atom stereocenters. The molecule has 7 heteroatoms. The average Bonchev–Trinajstić information content (AvgIpc) is 3.28. The Bertz CT molecular complexity index is 986. The van der Waals surface area contributed by atoms with Crippen LogP contribution in [-0.2, 0) is 16.0 Å². The van der Waals surface area contributed by atoms with Crippen LogP contribution in [0.4, 0.5) is 0 Å². The largest absolute Gasteiger partial charge is 0.441 e. The number of oxazole rings is 1. The molecule has 0 saturated carbocycles. The summed E-state index contributed by atoms with van der Waals surface area (Å²) in [7, 11) is 0. The molecule has 1 aliphatic rings. The van der Waals surface area contributed by atoms with Crippen LogP contribution in [0.2, 0.25) is 5.02 Å². The summed E-state index contributed by atoms with van der Waals surface area (Å²) in [5, 5.41) is 3.79. The van der Waals surface area contributed by atoms with Gasteiger partial charge < -0.3 is 14.5 Å². The molecule has 1 saturated heterocycles. The number of aromatic nitrogens is 1. The summed E-state index contributed by atoms with van der Waals surface area (Å²) in [5.41, 5.74) is 1.89. The van der Waals surface area contributed by atoms with Crippen LogP contribution < -0.4 is 5.32 Å². The van der Waals surface area contributed by atoms with Crippen LogP contribution in [0.3, 0.4) is 0 Å². The molecule has 2 aromatic carbocycles. The van der Waals surface area contributed by atoms with E-state index in [-0.39, 0.29) is 11.9 Å². The minimum atomic E-state index is -0.0740. The quantitative estimate of drug-likeness (QED) is 0.572. The van der Waals surface area contributed by atoms with Gasteiger partial charge in [0.25, 0.3) is 0 Å². The van der Waals surface area contributed by atoms with Gasteiger partial charge in [-0.2, -0.15) is 0 Å². The minimum absolute atomic E-state index is 0.0281. The lowest BCUT2D eigenvalue weighted by atomic mass is 10.1. The predicted octanol–water partition coefficient (Wildman–Crippen LogP) is 4.12. The Hall–Kier alpha value is -2.67. The molecule has 1 aliphatic heterocycles. The Morgan fingerprint density at radius 2 is 1.84 bits per heavy atom. The number of hydrogen-bond acceptors (Lipinski definition) is 5. The maximum absolute atomic E-state index is 12.7. The van der Waals surface area contributed by atoms with Crippen molar-refractivity contribution in [2.45, 2.75) is 18.9 Å². The molecule has 6 nitrogen and oxygen atoms in total. The number of rotatable bonds is 8. The highest BCUT2D eigenvalue weighted by molar-refractivity contribution is 6.33. The smallest absolute Gasteiger partial charge is 0.221 e. The van der Waals surface area contributed by atoms with E-state index in [4.69, 9.17) is 20.8 Å². The highest BCUT2D eigenvalue weighted by Crippen LogP contribution is 2.28. The maximum atomic E-state index is 12.7. The molecule has 0 spiro atoms. The summed E-state index contributed by atoms with van der Waals surface area (Å²) < 4.78 is 11.3. The molecule has 0 radical (unpaired) electrons. The van der Waals surface area contributed by atoms with Crippen LogP contribution in [0.5, 0.6) is 0 Å². The highest BCUT2D eigenvalue weighted by Gasteiger charge is 2.20. The van der Waals surface area contributed by atoms with Crippen molar-refractivity contribution in [1.82, 2.24) is 15.2 Å². The molecule has 1 unspecified atom stereocenters. The topological polar surface area (TPSA) is 67.6 Å². The third kappa shape index (κ3) is 5.94. The van der Waals surface area contributed by atoms with Gasteiger partial charge in [0.05, 0.1) is 30.5 Å². The number of benzene rings is 2. The van der Waals surface area contributed by atoms with E-state index in [1.807, 2.05) is 42.5 Å². The second kappa shape index (κ2) is 10.6. The fraction of sp³-hybridized carbons (Fsp3) is 0.333. The summed E-state index contributed by atoms with van der Waals surface area (Å²) in [5.74, 6) is 1.10. The van der Waals surface area contributed by atoms with Crippen LogP contribution in [0.25, 0.3) is 11.3 Å². The van der Waals surface area contributed by atoms with E-state index in [0.717, 1.165) is 44.0 Å². The van der Waals surface area contributed by atoms with Gasteiger partial charge in [0, 0.05) is 38.0 Å². The van der Waals surface area contributed by atoms with Crippen molar-refractivity contribution < 1.29 is 13.9 Å². The lowest BCUT2D eigenvalue weighted by Crippen LogP contribution is -2.43. The summed E-state index contributed by atoms with van der Waals surface area (Å²) in [4.78, 5) is 19.4. The Morgan fingerprint density at radius 1 is 1.10 bits per heavy atom. The van der Waals surface area contributed by atoms with E-state index in [9.17, 15) is 4.79 Å². The molecular weight excluding hydrogens is 414 g/mol. The van der Waals surface area contributed by atoms with Crippen LogP contribution in [-0.4, -0.2) is 48.6 Å². The number of amides is 1. The molecular formula is C24H26ClN3O3. The van der Waals surface area contributed by atoms with E-state index in [1.54, 1.807) is 6.20 Å². The van der Waals surface area contributed by atoms with E-state index < -0.39 is 0 Å². The monoisotopic (exact) mass is 439 g/mol. The number of ether oxygens (including phenoxy) is 1. The van der Waals surface area contributed by atoms with E-state index >= 15 is 0 Å². The maximum Gasteiger partial charge on any atom is 0.221 e. The zero-order chi connectivity index (χ0) is 21.5. The Labute approximate surface area is 187 Å². The zero-order valence-corrected chi connectivity index (χ0v) is 18.1. The molecule has 1 aromatic heterocycles. The second-order valence-corrected chi connectivity index (χ2v) is 7.95. The molecule has 3 aromatic rings. The van der Waals surface area contributed by atoms with Crippen LogP contribution in [0.1, 0.15) is 23.9 Å². The van der Waals surface area contributed by atoms with Gasteiger partial charge in [-0.25, -0.2) is 4.98 Å². The second-order valence-electron chi connectivity index (χ2n) is 7.54. The Morgan fingerprint density at radius 3 is 2.61 bits per heavy atom. The number of halogens is 1. The standard InChI is InChI=1S/C24H26ClN3O3/c25-20-9-5-4-8-19(20)22-16-26-24(31-22)11-10-23(29)27-21(18-6-2-1-3-7-18)17-28-12-14-30-15-13-28/h1-9,16,21H,10-15,17H2,(H,27,29). The normalized spacial score (nSPS) is 15.5. The van der Waals surface area contributed by atoms with Gasteiger partial charge in [-0.05, 0) is 17.7 Å². The third-order valence-electron chi connectivity index (χ3n) is 5.34. The number of carbonyl (C=O) groups excluding carboxylic acids is 1. The summed E-state index contributed by atoms with van der Waals surface area (Å²) >= 11 is 6.23.